The summed E-state index contributed by atoms with van der Waals surface area (Å²) in [7, 11) is 0. The van der Waals surface area contributed by atoms with Crippen molar-refractivity contribution in [2.75, 3.05) is 51.3 Å². The van der Waals surface area contributed by atoms with E-state index in [0.717, 1.165) is 42.9 Å². The van der Waals surface area contributed by atoms with Crippen LogP contribution in [0.25, 0.3) is 0 Å². The summed E-state index contributed by atoms with van der Waals surface area (Å²) in [6.07, 6.45) is 3.88. The van der Waals surface area contributed by atoms with Gasteiger partial charge in [-0.05, 0) is 49.4 Å². The van der Waals surface area contributed by atoms with Crippen molar-refractivity contribution in [1.82, 2.24) is 14.8 Å². The number of carbonyl (C=O) groups is 2. The second-order valence-corrected chi connectivity index (χ2v) is 13.2. The number of nitrogens with one attached hydrogen (secondary N) is 1. The zero-order valence-electron chi connectivity index (χ0n) is 22.4. The van der Waals surface area contributed by atoms with Gasteiger partial charge in [0.05, 0.1) is 31.6 Å². The number of fused-ring (bicyclic) bond motifs is 2. The van der Waals surface area contributed by atoms with E-state index >= 15 is 0 Å². The molecular formula is C27H42N4O5S. The number of nitrogens with zero attached hydrogens (tertiary/aromatic N) is 3. The largest absolute Gasteiger partial charge is 0.396 e. The molecule has 9 nitrogen and oxygen atoms in total. The SMILES string of the molecule is CC1CCN(C(=O)C[C@H]2c3nc(NC(=O)N4CCOCC4)sc3C[C@H]3[C@](C)(CO)[C@H](O)CC[C@]32C)CC1. The van der Waals surface area contributed by atoms with Crippen molar-refractivity contribution in [2.45, 2.75) is 71.3 Å². The number of ether oxygens (including phenoxy) is 1. The van der Waals surface area contributed by atoms with Crippen molar-refractivity contribution < 1.29 is 24.5 Å². The predicted molar refractivity (Wildman–Crippen MR) is 142 cm³/mol. The fraction of sp³-hybridized carbons (Fsp3) is 0.815. The van der Waals surface area contributed by atoms with Gasteiger partial charge in [-0.25, -0.2) is 9.78 Å². The van der Waals surface area contributed by atoms with E-state index in [0.29, 0.717) is 56.6 Å². The van der Waals surface area contributed by atoms with Crippen molar-refractivity contribution in [3.8, 4) is 0 Å². The van der Waals surface area contributed by atoms with Gasteiger partial charge in [0.25, 0.3) is 0 Å². The fourth-order valence-corrected chi connectivity index (χ4v) is 8.26. The Kier molecular flexibility index (Phi) is 7.57. The summed E-state index contributed by atoms with van der Waals surface area (Å²) in [4.78, 5) is 36.2. The number of rotatable bonds is 4. The van der Waals surface area contributed by atoms with Crippen molar-refractivity contribution in [3.63, 3.8) is 0 Å². The number of anilines is 1. The second kappa shape index (κ2) is 10.4. The van der Waals surface area contributed by atoms with Gasteiger partial charge in [0.2, 0.25) is 5.91 Å². The lowest BCUT2D eigenvalue weighted by Gasteiger charge is -2.58. The minimum Gasteiger partial charge on any atom is -0.396 e. The number of urea groups is 1. The van der Waals surface area contributed by atoms with E-state index in [9.17, 15) is 19.8 Å². The number of hydrogen-bond acceptors (Lipinski definition) is 7. The van der Waals surface area contributed by atoms with Crippen LogP contribution in [0.2, 0.25) is 0 Å². The van der Waals surface area contributed by atoms with Crippen LogP contribution < -0.4 is 5.32 Å². The van der Waals surface area contributed by atoms with Crippen LogP contribution in [0.1, 0.15) is 69.4 Å². The lowest BCUT2D eigenvalue weighted by molar-refractivity contribution is -0.147. The van der Waals surface area contributed by atoms with Gasteiger partial charge in [0.1, 0.15) is 0 Å². The van der Waals surface area contributed by atoms with Gasteiger partial charge in [0, 0.05) is 48.8 Å². The molecule has 0 aromatic carbocycles. The van der Waals surface area contributed by atoms with E-state index in [4.69, 9.17) is 9.72 Å². The number of thiazole rings is 1. The van der Waals surface area contributed by atoms with Crippen molar-refractivity contribution in [1.29, 1.82) is 0 Å². The minimum absolute atomic E-state index is 0.00340. The molecule has 1 aromatic rings. The molecule has 3 fully saturated rings. The van der Waals surface area contributed by atoms with Gasteiger partial charge in [-0.2, -0.15) is 0 Å². The quantitative estimate of drug-likeness (QED) is 0.547. The molecule has 1 aromatic heterocycles. The van der Waals surface area contributed by atoms with Crippen LogP contribution in [0.3, 0.4) is 0 Å². The zero-order valence-corrected chi connectivity index (χ0v) is 23.2. The maximum Gasteiger partial charge on any atom is 0.323 e. The summed E-state index contributed by atoms with van der Waals surface area (Å²) in [6, 6.07) is -0.177. The molecule has 206 valence electrons. The highest BCUT2D eigenvalue weighted by atomic mass is 32.1. The highest BCUT2D eigenvalue weighted by Crippen LogP contribution is 2.63. The van der Waals surface area contributed by atoms with Gasteiger partial charge < -0.3 is 24.7 Å². The standard InChI is InChI=1S/C27H42N4O5S/c1-17-5-8-30(9-6-17)22(34)14-18-23-19(15-20-26(18,2)7-4-21(33)27(20,3)16-32)37-24(28-23)29-25(35)31-10-12-36-13-11-31/h17-18,20-21,32-33H,4-16H2,1-3H3,(H,28,29,35)/t18-,20+,21+,26-,27-/m0/s1. The van der Waals surface area contributed by atoms with Crippen LogP contribution in [-0.4, -0.2) is 89.0 Å². The molecule has 3 amide bonds. The van der Waals surface area contributed by atoms with Crippen molar-refractivity contribution in [3.05, 3.63) is 10.6 Å². The van der Waals surface area contributed by atoms with E-state index in [1.165, 1.54) is 11.3 Å². The second-order valence-electron chi connectivity index (χ2n) is 12.2. The molecule has 10 heteroatoms. The Morgan fingerprint density at radius 1 is 1.14 bits per heavy atom. The van der Waals surface area contributed by atoms with Crippen molar-refractivity contribution >= 4 is 28.4 Å². The maximum atomic E-state index is 13.6. The first kappa shape index (κ1) is 26.8. The van der Waals surface area contributed by atoms with Crippen LogP contribution in [0.5, 0.6) is 0 Å². The molecule has 3 N–H and O–H groups in total. The number of likely N-dealkylation sites (tertiary alicyclic amines) is 1. The number of carbonyl (C=O) groups excluding carboxylic acids is 2. The summed E-state index contributed by atoms with van der Waals surface area (Å²) in [5.74, 6) is 0.683. The molecule has 0 bridgehead atoms. The molecule has 2 aliphatic heterocycles. The maximum absolute atomic E-state index is 13.6. The molecule has 5 atom stereocenters. The Balaban J connectivity index is 1.45. The van der Waals surface area contributed by atoms with E-state index in [2.05, 4.69) is 19.2 Å². The number of morpholine rings is 1. The predicted octanol–water partition coefficient (Wildman–Crippen LogP) is 3.07. The van der Waals surface area contributed by atoms with Crippen LogP contribution in [0, 0.1) is 22.7 Å². The minimum atomic E-state index is -0.659. The first-order valence-electron chi connectivity index (χ1n) is 13.9. The topological polar surface area (TPSA) is 115 Å². The fourth-order valence-electron chi connectivity index (χ4n) is 7.20. The summed E-state index contributed by atoms with van der Waals surface area (Å²) < 4.78 is 5.37. The van der Waals surface area contributed by atoms with Gasteiger partial charge >= 0.3 is 6.03 Å². The number of aliphatic hydroxyl groups excluding tert-OH is 2. The Hall–Kier alpha value is -1.75. The molecule has 0 unspecified atom stereocenters. The number of hydrogen-bond donors (Lipinski definition) is 3. The third-order valence-electron chi connectivity index (χ3n) is 9.92. The first-order valence-corrected chi connectivity index (χ1v) is 14.7. The van der Waals surface area contributed by atoms with Gasteiger partial charge in [0.15, 0.2) is 5.13 Å². The molecule has 0 spiro atoms. The first-order chi connectivity index (χ1) is 17.7. The van der Waals surface area contributed by atoms with E-state index in [1.807, 2.05) is 11.8 Å². The highest BCUT2D eigenvalue weighted by molar-refractivity contribution is 7.15. The Bertz CT molecular complexity index is 1000. The normalized spacial score (nSPS) is 34.6. The number of aliphatic hydroxyl groups is 2. The highest BCUT2D eigenvalue weighted by Gasteiger charge is 2.59. The molecule has 1 saturated carbocycles. The number of aromatic nitrogens is 1. The Labute approximate surface area is 223 Å². The average Bonchev–Trinajstić information content (AvgIpc) is 3.30. The third-order valence-corrected chi connectivity index (χ3v) is 10.9. The summed E-state index contributed by atoms with van der Waals surface area (Å²) in [5, 5.41) is 25.0. The van der Waals surface area contributed by atoms with E-state index in [-0.39, 0.29) is 35.8 Å². The average molecular weight is 535 g/mol. The van der Waals surface area contributed by atoms with Crippen LogP contribution in [0.4, 0.5) is 9.93 Å². The summed E-state index contributed by atoms with van der Waals surface area (Å²) >= 11 is 1.47. The molecule has 3 heterocycles. The molecular weight excluding hydrogens is 492 g/mol. The molecule has 2 saturated heterocycles. The van der Waals surface area contributed by atoms with Crippen LogP contribution >= 0.6 is 11.3 Å². The molecule has 0 radical (unpaired) electrons. The van der Waals surface area contributed by atoms with Crippen molar-refractivity contribution in [2.24, 2.45) is 22.7 Å². The summed E-state index contributed by atoms with van der Waals surface area (Å²) in [5.41, 5.74) is -0.0353. The Morgan fingerprint density at radius 2 is 1.84 bits per heavy atom. The molecule has 5 rings (SSSR count). The molecule has 4 aliphatic rings. The monoisotopic (exact) mass is 534 g/mol. The molecule has 2 aliphatic carbocycles. The third kappa shape index (κ3) is 4.90. The summed E-state index contributed by atoms with van der Waals surface area (Å²) in [6.45, 7) is 10.1. The van der Waals surface area contributed by atoms with E-state index < -0.39 is 11.5 Å². The molecule has 37 heavy (non-hydrogen) atoms. The number of amides is 3. The smallest absolute Gasteiger partial charge is 0.323 e. The van der Waals surface area contributed by atoms with E-state index in [1.54, 1.807) is 4.90 Å². The lowest BCUT2D eigenvalue weighted by Crippen LogP contribution is -2.57. The van der Waals surface area contributed by atoms with Crippen LogP contribution in [-0.2, 0) is 16.0 Å². The van der Waals surface area contributed by atoms with Gasteiger partial charge in [-0.15, -0.1) is 11.3 Å². The van der Waals surface area contributed by atoms with Gasteiger partial charge in [-0.3, -0.25) is 10.1 Å². The van der Waals surface area contributed by atoms with Crippen LogP contribution in [0.15, 0.2) is 0 Å². The number of piperidine rings is 1. The van der Waals surface area contributed by atoms with Gasteiger partial charge in [-0.1, -0.05) is 20.8 Å². The Morgan fingerprint density at radius 3 is 2.51 bits per heavy atom. The lowest BCUT2D eigenvalue weighted by atomic mass is 9.47. The zero-order chi connectivity index (χ0) is 26.4.